The van der Waals surface area contributed by atoms with Crippen LogP contribution in [0, 0.1) is 5.92 Å². The van der Waals surface area contributed by atoms with Crippen molar-refractivity contribution in [3.05, 3.63) is 29.8 Å². The van der Waals surface area contributed by atoms with Gasteiger partial charge >= 0.3 is 0 Å². The van der Waals surface area contributed by atoms with E-state index in [0.717, 1.165) is 19.5 Å². The minimum absolute atomic E-state index is 0.586. The Kier molecular flexibility index (Phi) is 5.23. The van der Waals surface area contributed by atoms with Crippen LogP contribution < -0.4 is 10.6 Å². The van der Waals surface area contributed by atoms with Crippen molar-refractivity contribution in [3.63, 3.8) is 0 Å². The topological polar surface area (TPSA) is 32.5 Å². The van der Waals surface area contributed by atoms with Gasteiger partial charge in [0.25, 0.3) is 0 Å². The Hall–Kier alpha value is -1.06. The zero-order chi connectivity index (χ0) is 13.7. The van der Waals surface area contributed by atoms with E-state index in [2.05, 4.69) is 48.2 Å². The maximum Gasteiger partial charge on any atom is 0.0361 e. The van der Waals surface area contributed by atoms with Crippen LogP contribution in [0.2, 0.25) is 0 Å². The standard InChI is InChI=1S/C16H27N3/c1-18(2)16-7-5-14(6-8-16)11-15(12-17)13-19-9-3-4-10-19/h5-8,15H,3-4,9-13,17H2,1-2H3. The molecule has 1 saturated heterocycles. The molecule has 1 aliphatic heterocycles. The van der Waals surface area contributed by atoms with Gasteiger partial charge in [-0.2, -0.15) is 0 Å². The fraction of sp³-hybridized carbons (Fsp3) is 0.625. The number of benzene rings is 1. The Morgan fingerprint density at radius 2 is 1.79 bits per heavy atom. The molecule has 0 bridgehead atoms. The summed E-state index contributed by atoms with van der Waals surface area (Å²) in [5.74, 6) is 0.586. The van der Waals surface area contributed by atoms with E-state index in [9.17, 15) is 0 Å². The summed E-state index contributed by atoms with van der Waals surface area (Å²) in [6.45, 7) is 4.46. The highest BCUT2D eigenvalue weighted by Gasteiger charge is 2.16. The average molecular weight is 261 g/mol. The third kappa shape index (κ3) is 4.22. The maximum atomic E-state index is 5.94. The normalized spacial score (nSPS) is 17.6. The molecule has 2 N–H and O–H groups in total. The van der Waals surface area contributed by atoms with Crippen molar-refractivity contribution in [3.8, 4) is 0 Å². The number of hydrogen-bond acceptors (Lipinski definition) is 3. The van der Waals surface area contributed by atoms with Gasteiger partial charge in [-0.25, -0.2) is 0 Å². The van der Waals surface area contributed by atoms with Crippen LogP contribution >= 0.6 is 0 Å². The van der Waals surface area contributed by atoms with Crippen molar-refractivity contribution >= 4 is 5.69 Å². The van der Waals surface area contributed by atoms with Crippen molar-refractivity contribution in [2.24, 2.45) is 11.7 Å². The number of nitrogens with zero attached hydrogens (tertiary/aromatic N) is 2. The van der Waals surface area contributed by atoms with Crippen LogP contribution in [0.1, 0.15) is 18.4 Å². The highest BCUT2D eigenvalue weighted by molar-refractivity contribution is 5.46. The first-order chi connectivity index (χ1) is 9.19. The number of hydrogen-bond donors (Lipinski definition) is 1. The van der Waals surface area contributed by atoms with Crippen molar-refractivity contribution in [1.82, 2.24) is 4.90 Å². The average Bonchev–Trinajstić information content (AvgIpc) is 2.91. The Morgan fingerprint density at radius 3 is 2.32 bits per heavy atom. The summed E-state index contributed by atoms with van der Waals surface area (Å²) in [7, 11) is 4.15. The summed E-state index contributed by atoms with van der Waals surface area (Å²) in [4.78, 5) is 4.69. The van der Waals surface area contributed by atoms with Gasteiger partial charge in [0.05, 0.1) is 0 Å². The van der Waals surface area contributed by atoms with E-state index in [0.29, 0.717) is 5.92 Å². The molecule has 1 aliphatic rings. The molecule has 3 heteroatoms. The fourth-order valence-corrected chi connectivity index (χ4v) is 2.82. The molecule has 0 radical (unpaired) electrons. The predicted octanol–water partition coefficient (Wildman–Crippen LogP) is 1.97. The lowest BCUT2D eigenvalue weighted by Crippen LogP contribution is -2.32. The van der Waals surface area contributed by atoms with Crippen LogP contribution in [0.15, 0.2) is 24.3 Å². The van der Waals surface area contributed by atoms with Gasteiger partial charge in [0.1, 0.15) is 0 Å². The fourth-order valence-electron chi connectivity index (χ4n) is 2.82. The third-order valence-electron chi connectivity index (χ3n) is 4.03. The van der Waals surface area contributed by atoms with Crippen molar-refractivity contribution < 1.29 is 0 Å². The maximum absolute atomic E-state index is 5.94. The van der Waals surface area contributed by atoms with Gasteiger partial charge in [-0.3, -0.25) is 0 Å². The number of nitrogens with two attached hydrogens (primary N) is 1. The molecule has 0 aromatic heterocycles. The van der Waals surface area contributed by atoms with Gasteiger partial charge in [0.2, 0.25) is 0 Å². The first-order valence-electron chi connectivity index (χ1n) is 7.37. The van der Waals surface area contributed by atoms with Gasteiger partial charge < -0.3 is 15.5 Å². The van der Waals surface area contributed by atoms with Gasteiger partial charge in [-0.05, 0) is 62.5 Å². The predicted molar refractivity (Wildman–Crippen MR) is 82.7 cm³/mol. The van der Waals surface area contributed by atoms with E-state index < -0.39 is 0 Å². The molecular formula is C16H27N3. The van der Waals surface area contributed by atoms with Crippen LogP contribution in [-0.2, 0) is 6.42 Å². The van der Waals surface area contributed by atoms with E-state index >= 15 is 0 Å². The molecule has 0 aliphatic carbocycles. The molecule has 1 heterocycles. The smallest absolute Gasteiger partial charge is 0.0361 e. The molecule has 2 rings (SSSR count). The van der Waals surface area contributed by atoms with E-state index in [-0.39, 0.29) is 0 Å². The molecule has 3 nitrogen and oxygen atoms in total. The lowest BCUT2D eigenvalue weighted by Gasteiger charge is -2.22. The molecule has 0 spiro atoms. The summed E-state index contributed by atoms with van der Waals surface area (Å²) < 4.78 is 0. The van der Waals surface area contributed by atoms with Gasteiger partial charge in [0, 0.05) is 26.3 Å². The monoisotopic (exact) mass is 261 g/mol. The largest absolute Gasteiger partial charge is 0.378 e. The first kappa shape index (κ1) is 14.4. The number of rotatable bonds is 6. The molecule has 0 amide bonds. The van der Waals surface area contributed by atoms with E-state index in [1.165, 1.54) is 37.2 Å². The molecule has 1 atom stereocenters. The van der Waals surface area contributed by atoms with Crippen LogP contribution in [0.3, 0.4) is 0 Å². The minimum atomic E-state index is 0.586. The zero-order valence-corrected chi connectivity index (χ0v) is 12.3. The Balaban J connectivity index is 1.89. The van der Waals surface area contributed by atoms with E-state index in [1.807, 2.05) is 0 Å². The summed E-state index contributed by atoms with van der Waals surface area (Å²) in [6.07, 6.45) is 3.81. The lowest BCUT2D eigenvalue weighted by molar-refractivity contribution is 0.279. The van der Waals surface area contributed by atoms with Crippen LogP contribution in [0.4, 0.5) is 5.69 Å². The van der Waals surface area contributed by atoms with Gasteiger partial charge in [0.15, 0.2) is 0 Å². The van der Waals surface area contributed by atoms with Crippen LogP contribution in [-0.4, -0.2) is 45.2 Å². The molecule has 19 heavy (non-hydrogen) atoms. The minimum Gasteiger partial charge on any atom is -0.378 e. The van der Waals surface area contributed by atoms with Crippen LogP contribution in [0.25, 0.3) is 0 Å². The second-order valence-electron chi connectivity index (χ2n) is 5.87. The van der Waals surface area contributed by atoms with E-state index in [4.69, 9.17) is 5.73 Å². The molecule has 1 fully saturated rings. The molecule has 1 aromatic carbocycles. The SMILES string of the molecule is CN(C)c1ccc(CC(CN)CN2CCCC2)cc1. The highest BCUT2D eigenvalue weighted by Crippen LogP contribution is 2.17. The quantitative estimate of drug-likeness (QED) is 0.850. The summed E-state index contributed by atoms with van der Waals surface area (Å²) in [6, 6.07) is 8.86. The molecule has 1 aromatic rings. The zero-order valence-electron chi connectivity index (χ0n) is 12.3. The van der Waals surface area contributed by atoms with Gasteiger partial charge in [-0.15, -0.1) is 0 Å². The highest BCUT2D eigenvalue weighted by atomic mass is 15.1. The van der Waals surface area contributed by atoms with Crippen LogP contribution in [0.5, 0.6) is 0 Å². The lowest BCUT2D eigenvalue weighted by atomic mass is 9.98. The number of anilines is 1. The van der Waals surface area contributed by atoms with Crippen molar-refractivity contribution in [1.29, 1.82) is 0 Å². The summed E-state index contributed by atoms with van der Waals surface area (Å²) in [5.41, 5.74) is 8.60. The first-order valence-corrected chi connectivity index (χ1v) is 7.37. The van der Waals surface area contributed by atoms with Gasteiger partial charge in [-0.1, -0.05) is 12.1 Å². The third-order valence-corrected chi connectivity index (χ3v) is 4.03. The van der Waals surface area contributed by atoms with Crippen molar-refractivity contribution in [2.75, 3.05) is 45.2 Å². The number of likely N-dealkylation sites (tertiary alicyclic amines) is 1. The second kappa shape index (κ2) is 6.92. The van der Waals surface area contributed by atoms with Crippen molar-refractivity contribution in [2.45, 2.75) is 19.3 Å². The molecule has 1 unspecified atom stereocenters. The second-order valence-corrected chi connectivity index (χ2v) is 5.87. The Morgan fingerprint density at radius 1 is 1.16 bits per heavy atom. The summed E-state index contributed by atoms with van der Waals surface area (Å²) >= 11 is 0. The summed E-state index contributed by atoms with van der Waals surface area (Å²) in [5, 5.41) is 0. The Labute approximate surface area is 117 Å². The Bertz CT molecular complexity index is 366. The molecule has 106 valence electrons. The molecule has 0 saturated carbocycles. The van der Waals surface area contributed by atoms with E-state index in [1.54, 1.807) is 0 Å². The molecular weight excluding hydrogens is 234 g/mol.